The van der Waals surface area contributed by atoms with Crippen LogP contribution in [0.3, 0.4) is 0 Å². The van der Waals surface area contributed by atoms with Crippen LogP contribution in [-0.4, -0.2) is 24.1 Å². The molecule has 0 saturated carbocycles. The fourth-order valence-electron chi connectivity index (χ4n) is 2.50. The van der Waals surface area contributed by atoms with Gasteiger partial charge in [0.1, 0.15) is 5.82 Å². The second-order valence-corrected chi connectivity index (χ2v) is 6.97. The van der Waals surface area contributed by atoms with Crippen LogP contribution >= 0.6 is 11.8 Å². The molecule has 1 atom stereocenters. The first kappa shape index (κ1) is 20.0. The van der Waals surface area contributed by atoms with Gasteiger partial charge in [0.25, 0.3) is 0 Å². The van der Waals surface area contributed by atoms with E-state index in [0.29, 0.717) is 23.6 Å². The lowest BCUT2D eigenvalue weighted by atomic mass is 10.0. The normalized spacial score (nSPS) is 11.6. The van der Waals surface area contributed by atoms with Crippen molar-refractivity contribution in [1.82, 2.24) is 10.6 Å². The van der Waals surface area contributed by atoms with E-state index in [-0.39, 0.29) is 30.1 Å². The van der Waals surface area contributed by atoms with Crippen molar-refractivity contribution in [1.29, 1.82) is 0 Å². The Labute approximate surface area is 157 Å². The average Bonchev–Trinajstić information content (AvgIpc) is 2.63. The fraction of sp³-hybridized carbons (Fsp3) is 0.300. The van der Waals surface area contributed by atoms with Gasteiger partial charge in [-0.3, -0.25) is 9.59 Å². The lowest BCUT2D eigenvalue weighted by molar-refractivity contribution is -0.122. The predicted octanol–water partition coefficient (Wildman–Crippen LogP) is 3.44. The quantitative estimate of drug-likeness (QED) is 0.661. The Morgan fingerprint density at radius 1 is 1.08 bits per heavy atom. The van der Waals surface area contributed by atoms with Gasteiger partial charge in [-0.2, -0.15) is 11.8 Å². The topological polar surface area (TPSA) is 58.2 Å². The Bertz CT molecular complexity index is 725. The summed E-state index contributed by atoms with van der Waals surface area (Å²) in [6, 6.07) is 15.8. The third-order valence-corrected chi connectivity index (χ3v) is 4.76. The zero-order valence-electron chi connectivity index (χ0n) is 14.7. The number of benzene rings is 2. The lowest BCUT2D eigenvalue weighted by Crippen LogP contribution is -2.33. The van der Waals surface area contributed by atoms with E-state index in [2.05, 4.69) is 10.6 Å². The third-order valence-electron chi connectivity index (χ3n) is 3.75. The van der Waals surface area contributed by atoms with E-state index in [1.807, 2.05) is 36.4 Å². The van der Waals surface area contributed by atoms with E-state index < -0.39 is 0 Å². The van der Waals surface area contributed by atoms with Crippen LogP contribution in [0.5, 0.6) is 0 Å². The van der Waals surface area contributed by atoms with Crippen LogP contribution in [0, 0.1) is 5.82 Å². The monoisotopic (exact) mass is 374 g/mol. The Morgan fingerprint density at radius 3 is 2.46 bits per heavy atom. The van der Waals surface area contributed by atoms with E-state index in [0.717, 1.165) is 5.56 Å². The summed E-state index contributed by atoms with van der Waals surface area (Å²) in [5.41, 5.74) is 1.56. The molecule has 4 nitrogen and oxygen atoms in total. The highest BCUT2D eigenvalue weighted by Crippen LogP contribution is 2.17. The Kier molecular flexibility index (Phi) is 8.15. The van der Waals surface area contributed by atoms with Crippen molar-refractivity contribution < 1.29 is 14.0 Å². The third kappa shape index (κ3) is 6.88. The van der Waals surface area contributed by atoms with Crippen molar-refractivity contribution in [2.75, 3.05) is 12.3 Å². The van der Waals surface area contributed by atoms with Gasteiger partial charge in [0.15, 0.2) is 0 Å². The van der Waals surface area contributed by atoms with Gasteiger partial charge in [-0.05, 0) is 17.2 Å². The highest BCUT2D eigenvalue weighted by atomic mass is 32.2. The van der Waals surface area contributed by atoms with Gasteiger partial charge in [-0.15, -0.1) is 0 Å². The van der Waals surface area contributed by atoms with Gasteiger partial charge < -0.3 is 10.6 Å². The van der Waals surface area contributed by atoms with Crippen molar-refractivity contribution in [2.45, 2.75) is 25.1 Å². The Morgan fingerprint density at radius 2 is 1.77 bits per heavy atom. The van der Waals surface area contributed by atoms with E-state index in [1.54, 1.807) is 23.9 Å². The van der Waals surface area contributed by atoms with Gasteiger partial charge in [-0.1, -0.05) is 48.5 Å². The molecule has 0 spiro atoms. The second-order valence-electron chi connectivity index (χ2n) is 5.86. The van der Waals surface area contributed by atoms with E-state index in [1.165, 1.54) is 13.0 Å². The summed E-state index contributed by atoms with van der Waals surface area (Å²) in [5.74, 6) is 0.758. The molecule has 2 aromatic carbocycles. The van der Waals surface area contributed by atoms with Crippen LogP contribution in [0.1, 0.15) is 30.5 Å². The molecule has 0 heterocycles. The van der Waals surface area contributed by atoms with Crippen molar-refractivity contribution in [3.63, 3.8) is 0 Å². The fourth-order valence-corrected chi connectivity index (χ4v) is 3.35. The first-order valence-corrected chi connectivity index (χ1v) is 9.61. The van der Waals surface area contributed by atoms with Crippen LogP contribution in [-0.2, 0) is 15.3 Å². The highest BCUT2D eigenvalue weighted by Gasteiger charge is 2.16. The molecule has 2 rings (SSSR count). The number of hydrogen-bond acceptors (Lipinski definition) is 3. The molecule has 0 aliphatic carbocycles. The average molecular weight is 374 g/mol. The molecule has 2 amide bonds. The maximum Gasteiger partial charge on any atom is 0.222 e. The second kappa shape index (κ2) is 10.6. The number of nitrogens with one attached hydrogen (secondary N) is 2. The zero-order chi connectivity index (χ0) is 18.8. The van der Waals surface area contributed by atoms with Crippen molar-refractivity contribution in [3.8, 4) is 0 Å². The molecule has 0 bridgehead atoms. The minimum atomic E-state index is -0.347. The maximum atomic E-state index is 13.5. The summed E-state index contributed by atoms with van der Waals surface area (Å²) in [6.45, 7) is 1.94. The maximum absolute atomic E-state index is 13.5. The minimum absolute atomic E-state index is 0.126. The van der Waals surface area contributed by atoms with Crippen molar-refractivity contribution >= 4 is 23.6 Å². The molecule has 6 heteroatoms. The highest BCUT2D eigenvalue weighted by molar-refractivity contribution is 7.98. The number of halogens is 1. The van der Waals surface area contributed by atoms with Gasteiger partial charge >= 0.3 is 0 Å². The minimum Gasteiger partial charge on any atom is -0.355 e. The van der Waals surface area contributed by atoms with Gasteiger partial charge in [-0.25, -0.2) is 4.39 Å². The first-order chi connectivity index (χ1) is 12.6. The Hall–Kier alpha value is -2.34. The number of hydrogen-bond donors (Lipinski definition) is 2. The standard InChI is InChI=1S/C20H23FN2O2S/c1-15(24)23-19(16-7-3-2-4-8-16)13-20(25)22-11-12-26-14-17-9-5-6-10-18(17)21/h2-10,19H,11-14H2,1H3,(H,22,25)(H,23,24)/t19-/m1/s1. The van der Waals surface area contributed by atoms with Crippen LogP contribution in [0.4, 0.5) is 4.39 Å². The van der Waals surface area contributed by atoms with E-state index >= 15 is 0 Å². The molecule has 26 heavy (non-hydrogen) atoms. The zero-order valence-corrected chi connectivity index (χ0v) is 15.5. The van der Waals surface area contributed by atoms with Crippen LogP contribution in [0.15, 0.2) is 54.6 Å². The van der Waals surface area contributed by atoms with Crippen LogP contribution in [0.2, 0.25) is 0 Å². The molecule has 0 unspecified atom stereocenters. The first-order valence-electron chi connectivity index (χ1n) is 8.46. The number of carbonyl (C=O) groups excluding carboxylic acids is 2. The molecular weight excluding hydrogens is 351 g/mol. The number of carbonyl (C=O) groups is 2. The molecule has 0 aliphatic heterocycles. The van der Waals surface area contributed by atoms with Crippen LogP contribution < -0.4 is 10.6 Å². The summed E-state index contributed by atoms with van der Waals surface area (Å²) >= 11 is 1.56. The number of rotatable bonds is 9. The SMILES string of the molecule is CC(=O)N[C@H](CC(=O)NCCSCc1ccccc1F)c1ccccc1. The van der Waals surface area contributed by atoms with Gasteiger partial charge in [0.05, 0.1) is 12.5 Å². The largest absolute Gasteiger partial charge is 0.355 e. The summed E-state index contributed by atoms with van der Waals surface area (Å²) in [4.78, 5) is 23.6. The summed E-state index contributed by atoms with van der Waals surface area (Å²) in [5, 5.41) is 5.66. The molecule has 0 radical (unpaired) electrons. The van der Waals surface area contributed by atoms with Gasteiger partial charge in [0.2, 0.25) is 11.8 Å². The van der Waals surface area contributed by atoms with E-state index in [9.17, 15) is 14.0 Å². The summed E-state index contributed by atoms with van der Waals surface area (Å²) < 4.78 is 13.5. The molecule has 0 fully saturated rings. The molecule has 2 aromatic rings. The van der Waals surface area contributed by atoms with Crippen LogP contribution in [0.25, 0.3) is 0 Å². The number of amides is 2. The summed E-state index contributed by atoms with van der Waals surface area (Å²) in [6.07, 6.45) is 0.182. The molecule has 2 N–H and O–H groups in total. The smallest absolute Gasteiger partial charge is 0.222 e. The summed E-state index contributed by atoms with van der Waals surface area (Å²) in [7, 11) is 0. The van der Waals surface area contributed by atoms with Gasteiger partial charge in [0, 0.05) is 25.0 Å². The molecule has 0 aliphatic rings. The molecule has 138 valence electrons. The van der Waals surface area contributed by atoms with Crippen molar-refractivity contribution in [2.24, 2.45) is 0 Å². The molecule has 0 saturated heterocycles. The molecular formula is C20H23FN2O2S. The number of thioether (sulfide) groups is 1. The lowest BCUT2D eigenvalue weighted by Gasteiger charge is -2.18. The predicted molar refractivity (Wildman–Crippen MR) is 103 cm³/mol. The Balaban J connectivity index is 1.74. The van der Waals surface area contributed by atoms with E-state index in [4.69, 9.17) is 0 Å². The van der Waals surface area contributed by atoms with Crippen molar-refractivity contribution in [3.05, 3.63) is 71.5 Å². The molecule has 0 aromatic heterocycles.